The largest absolute Gasteiger partial charge is 0.452 e. The minimum Gasteiger partial charge on any atom is -0.452 e. The highest BCUT2D eigenvalue weighted by Gasteiger charge is 2.24. The fourth-order valence-corrected chi connectivity index (χ4v) is 1.83. The number of amides is 3. The highest BCUT2D eigenvalue weighted by Crippen LogP contribution is 2.18. The van der Waals surface area contributed by atoms with Gasteiger partial charge in [-0.1, -0.05) is 12.1 Å². The zero-order chi connectivity index (χ0) is 17.5. The van der Waals surface area contributed by atoms with Crippen molar-refractivity contribution < 1.29 is 23.9 Å². The van der Waals surface area contributed by atoms with E-state index in [0.717, 1.165) is 18.4 Å². The van der Waals surface area contributed by atoms with Crippen molar-refractivity contribution in [2.75, 3.05) is 6.61 Å². The molecule has 7 heteroatoms. The normalized spacial score (nSPS) is 13.5. The summed E-state index contributed by atoms with van der Waals surface area (Å²) in [5, 5.41) is 4.72. The molecular formula is C17H22N2O5. The van der Waals surface area contributed by atoms with Gasteiger partial charge in [0, 0.05) is 6.04 Å². The molecule has 0 saturated heterocycles. The van der Waals surface area contributed by atoms with E-state index < -0.39 is 24.5 Å². The Morgan fingerprint density at radius 2 is 1.83 bits per heavy atom. The summed E-state index contributed by atoms with van der Waals surface area (Å²) in [5.41, 5.74) is 1.27. The first kappa shape index (κ1) is 17.9. The van der Waals surface area contributed by atoms with Crippen molar-refractivity contribution in [1.29, 1.82) is 0 Å². The third-order valence-electron chi connectivity index (χ3n) is 3.27. The van der Waals surface area contributed by atoms with E-state index in [2.05, 4.69) is 10.6 Å². The maximum Gasteiger partial charge on any atom is 0.338 e. The molecule has 0 aromatic heterocycles. The Kier molecular flexibility index (Phi) is 6.31. The van der Waals surface area contributed by atoms with Crippen LogP contribution in [-0.4, -0.2) is 36.7 Å². The zero-order valence-corrected chi connectivity index (χ0v) is 13.8. The van der Waals surface area contributed by atoms with Gasteiger partial charge in [-0.25, -0.2) is 9.59 Å². The van der Waals surface area contributed by atoms with Gasteiger partial charge in [0.2, 0.25) is 0 Å². The number of ether oxygens (including phenoxy) is 2. The predicted molar refractivity (Wildman–Crippen MR) is 86.3 cm³/mol. The second-order valence-corrected chi connectivity index (χ2v) is 5.93. The maximum absolute atomic E-state index is 11.9. The Morgan fingerprint density at radius 1 is 1.17 bits per heavy atom. The summed E-state index contributed by atoms with van der Waals surface area (Å²) in [7, 11) is 0. The number of benzene rings is 1. The smallest absolute Gasteiger partial charge is 0.338 e. The second-order valence-electron chi connectivity index (χ2n) is 5.93. The first-order chi connectivity index (χ1) is 11.4. The predicted octanol–water partition coefficient (Wildman–Crippen LogP) is 1.76. The lowest BCUT2D eigenvalue weighted by Gasteiger charge is -2.09. The van der Waals surface area contributed by atoms with Gasteiger partial charge in [0.1, 0.15) is 0 Å². The van der Waals surface area contributed by atoms with Crippen LogP contribution in [0.1, 0.15) is 42.6 Å². The van der Waals surface area contributed by atoms with Gasteiger partial charge in [-0.05, 0) is 44.4 Å². The molecule has 0 unspecified atom stereocenters. The molecule has 2 N–H and O–H groups in total. The molecule has 0 bridgehead atoms. The lowest BCUT2D eigenvalue weighted by Crippen LogP contribution is -2.42. The standard InChI is InChI=1S/C17H22N2O5/c1-11(2)23-9-12-3-5-13(6-4-12)16(21)24-10-15(20)19-17(22)18-14-7-8-14/h3-6,11,14H,7-10H2,1-2H3,(H2,18,19,20,22). The van der Waals surface area contributed by atoms with Gasteiger partial charge in [-0.3, -0.25) is 10.1 Å². The maximum atomic E-state index is 11.9. The van der Waals surface area contributed by atoms with Crippen molar-refractivity contribution in [2.24, 2.45) is 0 Å². The summed E-state index contributed by atoms with van der Waals surface area (Å²) in [5.74, 6) is -1.28. The number of hydrogen-bond donors (Lipinski definition) is 2. The van der Waals surface area contributed by atoms with Crippen molar-refractivity contribution in [1.82, 2.24) is 10.6 Å². The summed E-state index contributed by atoms with van der Waals surface area (Å²) >= 11 is 0. The average molecular weight is 334 g/mol. The molecule has 2 rings (SSSR count). The summed E-state index contributed by atoms with van der Waals surface area (Å²) in [6.45, 7) is 3.85. The third kappa shape index (κ3) is 6.37. The number of urea groups is 1. The van der Waals surface area contributed by atoms with E-state index in [1.54, 1.807) is 24.3 Å². The summed E-state index contributed by atoms with van der Waals surface area (Å²) in [6, 6.07) is 6.34. The van der Waals surface area contributed by atoms with E-state index in [4.69, 9.17) is 9.47 Å². The van der Waals surface area contributed by atoms with Crippen LogP contribution in [0, 0.1) is 0 Å². The van der Waals surface area contributed by atoms with Crippen LogP contribution >= 0.6 is 0 Å². The number of esters is 1. The quantitative estimate of drug-likeness (QED) is 0.741. The van der Waals surface area contributed by atoms with Crippen LogP contribution in [0.4, 0.5) is 4.79 Å². The highest BCUT2D eigenvalue weighted by atomic mass is 16.5. The van der Waals surface area contributed by atoms with Gasteiger partial charge in [0.25, 0.3) is 5.91 Å². The van der Waals surface area contributed by atoms with Crippen LogP contribution in [0.5, 0.6) is 0 Å². The van der Waals surface area contributed by atoms with E-state index in [9.17, 15) is 14.4 Å². The van der Waals surface area contributed by atoms with Crippen LogP contribution in [-0.2, 0) is 20.9 Å². The number of rotatable bonds is 7. The van der Waals surface area contributed by atoms with Crippen molar-refractivity contribution in [3.63, 3.8) is 0 Å². The molecule has 0 atom stereocenters. The minimum absolute atomic E-state index is 0.130. The molecule has 3 amide bonds. The minimum atomic E-state index is -0.663. The van der Waals surface area contributed by atoms with Gasteiger partial charge in [-0.15, -0.1) is 0 Å². The van der Waals surface area contributed by atoms with Crippen LogP contribution < -0.4 is 10.6 Å². The first-order valence-corrected chi connectivity index (χ1v) is 7.92. The van der Waals surface area contributed by atoms with E-state index in [-0.39, 0.29) is 12.1 Å². The van der Waals surface area contributed by atoms with Crippen molar-refractivity contribution in [3.05, 3.63) is 35.4 Å². The van der Waals surface area contributed by atoms with Gasteiger partial charge in [-0.2, -0.15) is 0 Å². The number of hydrogen-bond acceptors (Lipinski definition) is 5. The van der Waals surface area contributed by atoms with Gasteiger partial charge in [0.05, 0.1) is 18.3 Å². The van der Waals surface area contributed by atoms with Crippen molar-refractivity contribution in [3.8, 4) is 0 Å². The van der Waals surface area contributed by atoms with Crippen LogP contribution in [0.25, 0.3) is 0 Å². The number of imide groups is 1. The van der Waals surface area contributed by atoms with Gasteiger partial charge in [0.15, 0.2) is 6.61 Å². The van der Waals surface area contributed by atoms with E-state index >= 15 is 0 Å². The second kappa shape index (κ2) is 8.44. The number of carbonyl (C=O) groups excluding carboxylic acids is 3. The van der Waals surface area contributed by atoms with Crippen LogP contribution in [0.15, 0.2) is 24.3 Å². The lowest BCUT2D eigenvalue weighted by atomic mass is 10.1. The molecule has 1 aromatic rings. The summed E-state index contributed by atoms with van der Waals surface area (Å²) < 4.78 is 10.4. The fourth-order valence-electron chi connectivity index (χ4n) is 1.83. The average Bonchev–Trinajstić information content (AvgIpc) is 3.34. The molecule has 0 aliphatic heterocycles. The Morgan fingerprint density at radius 3 is 2.42 bits per heavy atom. The Bertz CT molecular complexity index is 594. The molecule has 24 heavy (non-hydrogen) atoms. The summed E-state index contributed by atoms with van der Waals surface area (Å²) in [6.07, 6.45) is 1.98. The van der Waals surface area contributed by atoms with Gasteiger partial charge >= 0.3 is 12.0 Å². The Hall–Kier alpha value is -2.41. The van der Waals surface area contributed by atoms with Crippen molar-refractivity contribution >= 4 is 17.9 Å². The van der Waals surface area contributed by atoms with Crippen molar-refractivity contribution in [2.45, 2.75) is 45.4 Å². The van der Waals surface area contributed by atoms with Crippen LogP contribution in [0.3, 0.4) is 0 Å². The molecule has 1 aliphatic carbocycles. The molecule has 130 valence electrons. The third-order valence-corrected chi connectivity index (χ3v) is 3.27. The Balaban J connectivity index is 1.72. The van der Waals surface area contributed by atoms with E-state index in [1.807, 2.05) is 13.8 Å². The molecule has 1 aliphatic rings. The van der Waals surface area contributed by atoms with Gasteiger partial charge < -0.3 is 14.8 Å². The zero-order valence-electron chi connectivity index (χ0n) is 13.8. The molecule has 1 aromatic carbocycles. The SMILES string of the molecule is CC(C)OCc1ccc(C(=O)OCC(=O)NC(=O)NC2CC2)cc1. The molecule has 1 saturated carbocycles. The first-order valence-electron chi connectivity index (χ1n) is 7.92. The fraction of sp³-hybridized carbons (Fsp3) is 0.471. The lowest BCUT2D eigenvalue weighted by molar-refractivity contribution is -0.123. The van der Waals surface area contributed by atoms with E-state index in [0.29, 0.717) is 12.2 Å². The van der Waals surface area contributed by atoms with E-state index in [1.165, 1.54) is 0 Å². The topological polar surface area (TPSA) is 93.7 Å². The molecule has 1 fully saturated rings. The number of nitrogens with one attached hydrogen (secondary N) is 2. The monoisotopic (exact) mass is 334 g/mol. The summed E-state index contributed by atoms with van der Waals surface area (Å²) in [4.78, 5) is 34.8. The molecular weight excluding hydrogens is 312 g/mol. The van der Waals surface area contributed by atoms with Crippen LogP contribution in [0.2, 0.25) is 0 Å². The highest BCUT2D eigenvalue weighted by molar-refractivity contribution is 5.97. The Labute approximate surface area is 140 Å². The molecule has 7 nitrogen and oxygen atoms in total. The molecule has 0 radical (unpaired) electrons. The number of carbonyl (C=O) groups is 3. The molecule has 0 spiro atoms. The molecule has 0 heterocycles.